The molecule has 0 bridgehead atoms. The van der Waals surface area contributed by atoms with Crippen LogP contribution in [-0.2, 0) is 6.18 Å². The van der Waals surface area contributed by atoms with Gasteiger partial charge in [0, 0.05) is 10.4 Å². The van der Waals surface area contributed by atoms with Crippen LogP contribution in [-0.4, -0.2) is 14.8 Å². The molecule has 0 radical (unpaired) electrons. The molecule has 0 unspecified atom stereocenters. The lowest BCUT2D eigenvalue weighted by atomic mass is 10.1. The van der Waals surface area contributed by atoms with Gasteiger partial charge >= 0.3 is 6.18 Å². The van der Waals surface area contributed by atoms with Gasteiger partial charge in [0.05, 0.1) is 11.3 Å². The van der Waals surface area contributed by atoms with Crippen LogP contribution in [0.1, 0.15) is 31.2 Å². The summed E-state index contributed by atoms with van der Waals surface area (Å²) in [7, 11) is 0. The van der Waals surface area contributed by atoms with Crippen LogP contribution in [0.5, 0.6) is 0 Å². The van der Waals surface area contributed by atoms with Gasteiger partial charge in [-0.3, -0.25) is 9.67 Å². The molecule has 0 atom stereocenters. The molecule has 1 aromatic carbocycles. The van der Waals surface area contributed by atoms with Gasteiger partial charge in [-0.25, -0.2) is 0 Å². The number of hydrogen-bond donors (Lipinski definition) is 1. The number of aromatic nitrogens is 3. The van der Waals surface area contributed by atoms with Crippen molar-refractivity contribution >= 4 is 28.1 Å². The predicted octanol–water partition coefficient (Wildman–Crippen LogP) is 4.83. The summed E-state index contributed by atoms with van der Waals surface area (Å²) in [4.78, 5) is 0. The number of halogens is 4. The van der Waals surface area contributed by atoms with Gasteiger partial charge in [-0.1, -0.05) is 13.8 Å². The molecular weight excluding hydrogens is 355 g/mol. The second kappa shape index (κ2) is 5.33. The molecule has 0 aliphatic rings. The molecule has 0 amide bonds. The van der Waals surface area contributed by atoms with Crippen molar-refractivity contribution in [1.82, 2.24) is 14.8 Å². The lowest BCUT2D eigenvalue weighted by molar-refractivity contribution is -0.137. The second-order valence-corrected chi connectivity index (χ2v) is 5.78. The summed E-state index contributed by atoms with van der Waals surface area (Å²) in [6, 6.07) is 3.44. The topological polar surface area (TPSA) is 33.6 Å². The van der Waals surface area contributed by atoms with Crippen LogP contribution in [0.25, 0.3) is 5.69 Å². The summed E-state index contributed by atoms with van der Waals surface area (Å²) >= 11 is 8.37. The van der Waals surface area contributed by atoms with Crippen molar-refractivity contribution in [3.05, 3.63) is 38.8 Å². The summed E-state index contributed by atoms with van der Waals surface area (Å²) in [6.45, 7) is 3.78. The van der Waals surface area contributed by atoms with Gasteiger partial charge in [-0.05, 0) is 46.3 Å². The minimum atomic E-state index is -4.40. The molecule has 1 aromatic heterocycles. The maximum absolute atomic E-state index is 12.8. The molecule has 1 N–H and O–H groups in total. The Labute approximate surface area is 126 Å². The van der Waals surface area contributed by atoms with Crippen molar-refractivity contribution in [3.8, 4) is 5.69 Å². The monoisotopic (exact) mass is 365 g/mol. The third kappa shape index (κ3) is 2.80. The number of nitrogens with one attached hydrogen (secondary N) is 1. The van der Waals surface area contributed by atoms with Crippen LogP contribution >= 0.6 is 28.1 Å². The van der Waals surface area contributed by atoms with E-state index in [-0.39, 0.29) is 10.7 Å². The zero-order chi connectivity index (χ0) is 15.1. The Morgan fingerprint density at radius 2 is 2.00 bits per heavy atom. The van der Waals surface area contributed by atoms with E-state index in [0.29, 0.717) is 16.0 Å². The fraction of sp³-hybridized carbons (Fsp3) is 0.333. The number of benzene rings is 1. The molecule has 20 heavy (non-hydrogen) atoms. The Balaban J connectivity index is 2.70. The Morgan fingerprint density at radius 3 is 2.55 bits per heavy atom. The van der Waals surface area contributed by atoms with Crippen LogP contribution in [0.4, 0.5) is 13.2 Å². The van der Waals surface area contributed by atoms with Crippen molar-refractivity contribution in [3.63, 3.8) is 0 Å². The number of alkyl halides is 3. The third-order valence-corrected chi connectivity index (χ3v) is 3.67. The predicted molar refractivity (Wildman–Crippen MR) is 75.5 cm³/mol. The quantitative estimate of drug-likeness (QED) is 0.772. The Morgan fingerprint density at radius 1 is 1.35 bits per heavy atom. The van der Waals surface area contributed by atoms with Gasteiger partial charge in [0.15, 0.2) is 4.77 Å². The number of aromatic amines is 1. The highest BCUT2D eigenvalue weighted by Gasteiger charge is 2.31. The van der Waals surface area contributed by atoms with Crippen LogP contribution in [0.2, 0.25) is 0 Å². The normalized spacial score (nSPS) is 12.2. The lowest BCUT2D eigenvalue weighted by Gasteiger charge is -2.14. The van der Waals surface area contributed by atoms with Crippen molar-refractivity contribution in [1.29, 1.82) is 0 Å². The van der Waals surface area contributed by atoms with Crippen LogP contribution in [0, 0.1) is 4.77 Å². The molecule has 0 fully saturated rings. The van der Waals surface area contributed by atoms with Gasteiger partial charge in [-0.15, -0.1) is 0 Å². The zero-order valence-corrected chi connectivity index (χ0v) is 13.0. The van der Waals surface area contributed by atoms with E-state index in [2.05, 4.69) is 26.1 Å². The molecule has 0 saturated heterocycles. The molecule has 0 spiro atoms. The highest BCUT2D eigenvalue weighted by molar-refractivity contribution is 9.10. The average Bonchev–Trinajstić information content (AvgIpc) is 2.70. The lowest BCUT2D eigenvalue weighted by Crippen LogP contribution is -2.09. The molecule has 8 heteroatoms. The van der Waals surface area contributed by atoms with Crippen LogP contribution in [0.15, 0.2) is 22.7 Å². The smallest absolute Gasteiger partial charge is 0.271 e. The van der Waals surface area contributed by atoms with E-state index in [1.54, 1.807) is 0 Å². The molecule has 1 heterocycles. The van der Waals surface area contributed by atoms with Crippen molar-refractivity contribution in [2.75, 3.05) is 0 Å². The van der Waals surface area contributed by atoms with E-state index in [4.69, 9.17) is 12.2 Å². The van der Waals surface area contributed by atoms with Gasteiger partial charge in [-0.2, -0.15) is 18.3 Å². The van der Waals surface area contributed by atoms with E-state index in [9.17, 15) is 13.2 Å². The first-order valence-corrected chi connectivity index (χ1v) is 6.96. The fourth-order valence-electron chi connectivity index (χ4n) is 1.79. The van der Waals surface area contributed by atoms with E-state index in [1.807, 2.05) is 13.8 Å². The van der Waals surface area contributed by atoms with Crippen LogP contribution < -0.4 is 0 Å². The maximum Gasteiger partial charge on any atom is 0.416 e. The first-order chi connectivity index (χ1) is 9.21. The summed E-state index contributed by atoms with van der Waals surface area (Å²) in [5, 5.41) is 6.68. The highest BCUT2D eigenvalue weighted by atomic mass is 79.9. The zero-order valence-electron chi connectivity index (χ0n) is 10.6. The third-order valence-electron chi connectivity index (χ3n) is 2.73. The molecule has 3 nitrogen and oxygen atoms in total. The van der Waals surface area contributed by atoms with E-state index in [0.717, 1.165) is 12.1 Å². The van der Waals surface area contributed by atoms with E-state index < -0.39 is 11.7 Å². The van der Waals surface area contributed by atoms with Gasteiger partial charge in [0.1, 0.15) is 5.82 Å². The largest absolute Gasteiger partial charge is 0.416 e. The molecule has 0 saturated carbocycles. The van der Waals surface area contributed by atoms with E-state index in [1.165, 1.54) is 10.6 Å². The van der Waals surface area contributed by atoms with Crippen molar-refractivity contribution < 1.29 is 13.2 Å². The Kier molecular flexibility index (Phi) is 4.06. The van der Waals surface area contributed by atoms with E-state index >= 15 is 0 Å². The summed E-state index contributed by atoms with van der Waals surface area (Å²) in [5.41, 5.74) is -0.407. The Hall–Kier alpha value is -1.15. The summed E-state index contributed by atoms with van der Waals surface area (Å²) < 4.78 is 40.8. The minimum absolute atomic E-state index is 0.0180. The molecule has 2 aromatic rings. The number of rotatable bonds is 2. The first-order valence-electron chi connectivity index (χ1n) is 5.76. The summed E-state index contributed by atoms with van der Waals surface area (Å²) in [5.74, 6) is 0.597. The molecule has 108 valence electrons. The number of H-pyrrole nitrogens is 1. The molecule has 2 rings (SSSR count). The van der Waals surface area contributed by atoms with Crippen molar-refractivity contribution in [2.45, 2.75) is 25.9 Å². The molecule has 0 aliphatic heterocycles. The summed E-state index contributed by atoms with van der Waals surface area (Å²) in [6.07, 6.45) is -4.40. The second-order valence-electron chi connectivity index (χ2n) is 4.54. The van der Waals surface area contributed by atoms with Gasteiger partial charge in [0.25, 0.3) is 0 Å². The molecular formula is C12H11BrF3N3S. The Bertz CT molecular complexity index is 688. The average molecular weight is 366 g/mol. The standard InChI is InChI=1S/C12H11BrF3N3S/c1-6(2)10-17-18-11(20)19(10)9-5-7(12(14,15)16)3-4-8(9)13/h3-6H,1-2H3,(H,18,20). The fourth-order valence-corrected chi connectivity index (χ4v) is 2.45. The van der Waals surface area contributed by atoms with Gasteiger partial charge < -0.3 is 0 Å². The highest BCUT2D eigenvalue weighted by Crippen LogP contribution is 2.34. The first kappa shape index (κ1) is 15.2. The minimum Gasteiger partial charge on any atom is -0.271 e. The molecule has 0 aliphatic carbocycles. The number of hydrogen-bond acceptors (Lipinski definition) is 2. The SMILES string of the molecule is CC(C)c1n[nH]c(=S)n1-c1cc(C(F)(F)F)ccc1Br. The maximum atomic E-state index is 12.8. The number of nitrogens with zero attached hydrogens (tertiary/aromatic N) is 2. The van der Waals surface area contributed by atoms with Crippen LogP contribution in [0.3, 0.4) is 0 Å². The van der Waals surface area contributed by atoms with Crippen molar-refractivity contribution in [2.24, 2.45) is 0 Å². The van der Waals surface area contributed by atoms with Gasteiger partial charge in [0.2, 0.25) is 0 Å².